The van der Waals surface area contributed by atoms with E-state index in [2.05, 4.69) is 32.9 Å². The second-order valence-electron chi connectivity index (χ2n) is 8.77. The van der Waals surface area contributed by atoms with E-state index >= 15 is 0 Å². The molecule has 0 unspecified atom stereocenters. The third-order valence-corrected chi connectivity index (χ3v) is 7.94. The van der Waals surface area contributed by atoms with Gasteiger partial charge in [-0.15, -0.1) is 0 Å². The number of aliphatic hydroxyl groups is 1. The van der Waals surface area contributed by atoms with Crippen LogP contribution in [0.1, 0.15) is 65.7 Å². The molecule has 1 nitrogen and oxygen atoms in total. The third kappa shape index (κ3) is 1.73. The first-order chi connectivity index (χ1) is 9.97. The number of hydrogen-bond acceptors (Lipinski definition) is 1. The number of fused-ring (bicyclic) bond motifs is 5. The van der Waals surface area contributed by atoms with E-state index in [1.165, 1.54) is 38.5 Å². The van der Waals surface area contributed by atoms with Crippen LogP contribution < -0.4 is 0 Å². The van der Waals surface area contributed by atoms with Crippen molar-refractivity contribution in [2.24, 2.45) is 28.6 Å². The summed E-state index contributed by atoms with van der Waals surface area (Å²) in [5, 5.41) is 10.5. The molecule has 1 N–H and O–H groups in total. The summed E-state index contributed by atoms with van der Waals surface area (Å²) in [6.45, 7) is 7.29. The smallest absolute Gasteiger partial charge is 0.0596 e. The van der Waals surface area contributed by atoms with E-state index < -0.39 is 0 Å². The zero-order chi connectivity index (χ0) is 14.8. The van der Waals surface area contributed by atoms with Crippen LogP contribution in [0.4, 0.5) is 0 Å². The largest absolute Gasteiger partial charge is 0.393 e. The first-order valence-electron chi connectivity index (χ1n) is 9.01. The van der Waals surface area contributed by atoms with Crippen molar-refractivity contribution in [3.63, 3.8) is 0 Å². The first-order valence-corrected chi connectivity index (χ1v) is 9.01. The van der Waals surface area contributed by atoms with Crippen molar-refractivity contribution in [2.75, 3.05) is 0 Å². The molecule has 0 spiro atoms. The molecule has 4 rings (SSSR count). The van der Waals surface area contributed by atoms with Crippen LogP contribution in [0.3, 0.4) is 0 Å². The lowest BCUT2D eigenvalue weighted by Crippen LogP contribution is -2.50. The molecule has 6 atom stereocenters. The van der Waals surface area contributed by atoms with Crippen LogP contribution in [0.25, 0.3) is 0 Å². The van der Waals surface area contributed by atoms with Gasteiger partial charge in [-0.05, 0) is 86.0 Å². The highest BCUT2D eigenvalue weighted by atomic mass is 16.3. The Bertz CT molecular complexity index is 516. The highest BCUT2D eigenvalue weighted by Gasteiger charge is 2.58. The molecule has 0 aromatic carbocycles. The molecule has 0 bridgehead atoms. The maximum absolute atomic E-state index is 10.5. The Hall–Kier alpha value is -0.560. The van der Waals surface area contributed by atoms with Gasteiger partial charge in [-0.2, -0.15) is 0 Å². The van der Waals surface area contributed by atoms with Gasteiger partial charge in [0.05, 0.1) is 6.10 Å². The zero-order valence-corrected chi connectivity index (χ0v) is 13.9. The fraction of sp³-hybridized carbons (Fsp3) is 0.800. The predicted molar refractivity (Wildman–Crippen MR) is 86.8 cm³/mol. The predicted octanol–water partition coefficient (Wildman–Crippen LogP) is 4.87. The van der Waals surface area contributed by atoms with Gasteiger partial charge in [0.2, 0.25) is 0 Å². The molecule has 0 saturated heterocycles. The van der Waals surface area contributed by atoms with E-state index in [0.29, 0.717) is 5.41 Å². The summed E-state index contributed by atoms with van der Waals surface area (Å²) >= 11 is 0. The minimum Gasteiger partial charge on any atom is -0.393 e. The van der Waals surface area contributed by atoms with E-state index in [1.807, 2.05) is 0 Å². The van der Waals surface area contributed by atoms with Crippen LogP contribution >= 0.6 is 0 Å². The summed E-state index contributed by atoms with van der Waals surface area (Å²) < 4.78 is 0. The number of rotatable bonds is 0. The molecule has 0 amide bonds. The van der Waals surface area contributed by atoms with Gasteiger partial charge in [-0.1, -0.05) is 31.6 Å². The first kappa shape index (κ1) is 14.1. The van der Waals surface area contributed by atoms with Gasteiger partial charge >= 0.3 is 0 Å². The summed E-state index contributed by atoms with van der Waals surface area (Å²) in [6.07, 6.45) is 13.5. The Balaban J connectivity index is 1.76. The standard InChI is InChI=1S/C20H30O/c1-13-12-14-16-7-8-18(21)20(16,3)11-9-17(14)19(2)10-5-4-6-15(13)19/h4,6,14,16-18,21H,5,7-12H2,1-3H3/t14-,16-,17-,18-,19-,20-/m0/s1. The molecular weight excluding hydrogens is 256 g/mol. The molecule has 0 radical (unpaired) electrons. The second kappa shape index (κ2) is 4.47. The normalized spacial score (nSPS) is 52.4. The maximum atomic E-state index is 10.5. The molecule has 0 aromatic rings. The van der Waals surface area contributed by atoms with E-state index in [9.17, 15) is 5.11 Å². The minimum atomic E-state index is -0.0480. The van der Waals surface area contributed by atoms with Crippen molar-refractivity contribution < 1.29 is 5.11 Å². The van der Waals surface area contributed by atoms with Crippen LogP contribution in [0.15, 0.2) is 23.3 Å². The number of aliphatic hydroxyl groups excluding tert-OH is 1. The molecule has 4 aliphatic rings. The van der Waals surface area contributed by atoms with E-state index in [0.717, 1.165) is 24.2 Å². The number of allylic oxidation sites excluding steroid dienone is 4. The van der Waals surface area contributed by atoms with Gasteiger partial charge in [-0.25, -0.2) is 0 Å². The molecule has 1 heteroatoms. The Morgan fingerprint density at radius 2 is 1.90 bits per heavy atom. The molecule has 2 saturated carbocycles. The minimum absolute atomic E-state index is 0.0480. The van der Waals surface area contributed by atoms with E-state index in [1.54, 1.807) is 11.1 Å². The Labute approximate surface area is 129 Å². The summed E-state index contributed by atoms with van der Waals surface area (Å²) in [7, 11) is 0. The van der Waals surface area contributed by atoms with Crippen molar-refractivity contribution in [2.45, 2.75) is 71.8 Å². The Morgan fingerprint density at radius 3 is 2.71 bits per heavy atom. The molecule has 21 heavy (non-hydrogen) atoms. The van der Waals surface area contributed by atoms with Crippen molar-refractivity contribution >= 4 is 0 Å². The monoisotopic (exact) mass is 286 g/mol. The van der Waals surface area contributed by atoms with Gasteiger partial charge < -0.3 is 5.11 Å². The molecule has 0 heterocycles. The molecule has 0 aromatic heterocycles. The molecule has 116 valence electrons. The van der Waals surface area contributed by atoms with Gasteiger partial charge in [0, 0.05) is 0 Å². The van der Waals surface area contributed by atoms with Crippen LogP contribution in [-0.2, 0) is 0 Å². The van der Waals surface area contributed by atoms with Gasteiger partial charge in [-0.3, -0.25) is 0 Å². The lowest BCUT2D eigenvalue weighted by atomic mass is 9.48. The maximum Gasteiger partial charge on any atom is 0.0596 e. The van der Waals surface area contributed by atoms with Crippen molar-refractivity contribution in [1.82, 2.24) is 0 Å². The van der Waals surface area contributed by atoms with Crippen molar-refractivity contribution in [3.8, 4) is 0 Å². The van der Waals surface area contributed by atoms with Gasteiger partial charge in [0.15, 0.2) is 0 Å². The molecule has 4 aliphatic carbocycles. The van der Waals surface area contributed by atoms with Crippen LogP contribution in [-0.4, -0.2) is 11.2 Å². The Morgan fingerprint density at radius 1 is 1.10 bits per heavy atom. The fourth-order valence-corrected chi connectivity index (χ4v) is 6.72. The zero-order valence-electron chi connectivity index (χ0n) is 13.9. The van der Waals surface area contributed by atoms with Crippen LogP contribution in [0, 0.1) is 28.6 Å². The lowest BCUT2D eigenvalue weighted by molar-refractivity contribution is -0.0640. The SMILES string of the molecule is CC1=C2C=CCC[C@]2(C)[C@H]2CC[C@]3(C)[C@@H](O)CC[C@H]3[C@@H]2C1. The summed E-state index contributed by atoms with van der Waals surface area (Å²) in [5.41, 5.74) is 3.92. The third-order valence-electron chi connectivity index (χ3n) is 7.94. The quantitative estimate of drug-likeness (QED) is 0.674. The van der Waals surface area contributed by atoms with E-state index in [-0.39, 0.29) is 11.5 Å². The van der Waals surface area contributed by atoms with Gasteiger partial charge in [0.25, 0.3) is 0 Å². The Kier molecular flexibility index (Phi) is 2.99. The summed E-state index contributed by atoms with van der Waals surface area (Å²) in [6, 6.07) is 0. The summed E-state index contributed by atoms with van der Waals surface area (Å²) in [4.78, 5) is 0. The van der Waals surface area contributed by atoms with Crippen molar-refractivity contribution in [3.05, 3.63) is 23.3 Å². The molecule has 0 aliphatic heterocycles. The fourth-order valence-electron chi connectivity index (χ4n) is 6.72. The topological polar surface area (TPSA) is 20.2 Å². The van der Waals surface area contributed by atoms with Gasteiger partial charge in [0.1, 0.15) is 0 Å². The second-order valence-corrected chi connectivity index (χ2v) is 8.77. The number of hydrogen-bond donors (Lipinski definition) is 1. The average molecular weight is 286 g/mol. The summed E-state index contributed by atoms with van der Waals surface area (Å²) in [5.74, 6) is 2.43. The van der Waals surface area contributed by atoms with E-state index in [4.69, 9.17) is 0 Å². The highest BCUT2D eigenvalue weighted by molar-refractivity contribution is 5.38. The highest BCUT2D eigenvalue weighted by Crippen LogP contribution is 2.65. The van der Waals surface area contributed by atoms with Crippen LogP contribution in [0.5, 0.6) is 0 Å². The lowest BCUT2D eigenvalue weighted by Gasteiger charge is -2.57. The van der Waals surface area contributed by atoms with Crippen LogP contribution in [0.2, 0.25) is 0 Å². The van der Waals surface area contributed by atoms with Crippen molar-refractivity contribution in [1.29, 1.82) is 0 Å². The molecular formula is C20H30O. The average Bonchev–Trinajstić information content (AvgIpc) is 2.75. The molecule has 2 fully saturated rings.